The van der Waals surface area contributed by atoms with Gasteiger partial charge < -0.3 is 10.5 Å². The Morgan fingerprint density at radius 2 is 1.19 bits per heavy atom. The predicted octanol–water partition coefficient (Wildman–Crippen LogP) is 4.10. The zero-order chi connectivity index (χ0) is 17.5. The van der Waals surface area contributed by atoms with Crippen LogP contribution in [0, 0.1) is 0 Å². The molecule has 0 bridgehead atoms. The van der Waals surface area contributed by atoms with Crippen molar-refractivity contribution >= 4 is 18.4 Å². The average molecular weight is 368 g/mol. The summed E-state index contributed by atoms with van der Waals surface area (Å²) in [4.78, 5) is 12.2. The van der Waals surface area contributed by atoms with Gasteiger partial charge in [0.2, 0.25) is 0 Å². The molecule has 3 rings (SSSR count). The van der Waals surface area contributed by atoms with Gasteiger partial charge in [0.15, 0.2) is 5.60 Å². The Bertz CT molecular complexity index is 768. The van der Waals surface area contributed by atoms with Gasteiger partial charge in [-0.25, -0.2) is 0 Å². The molecule has 134 valence electrons. The van der Waals surface area contributed by atoms with E-state index in [1.807, 2.05) is 91.0 Å². The van der Waals surface area contributed by atoms with Gasteiger partial charge in [-0.15, -0.1) is 12.4 Å². The van der Waals surface area contributed by atoms with Crippen molar-refractivity contribution in [2.45, 2.75) is 12.0 Å². The Balaban J connectivity index is 0.00000243. The minimum atomic E-state index is -0.916. The molecular formula is C22H22ClNO2. The van der Waals surface area contributed by atoms with E-state index < -0.39 is 11.6 Å². The first-order valence-electron chi connectivity index (χ1n) is 8.31. The molecule has 0 saturated heterocycles. The summed E-state index contributed by atoms with van der Waals surface area (Å²) in [6.07, 6.45) is 0.535. The molecule has 0 aliphatic heterocycles. The molecule has 26 heavy (non-hydrogen) atoms. The van der Waals surface area contributed by atoms with Crippen molar-refractivity contribution in [1.82, 2.24) is 0 Å². The van der Waals surface area contributed by atoms with Crippen molar-refractivity contribution in [3.63, 3.8) is 0 Å². The van der Waals surface area contributed by atoms with Crippen LogP contribution >= 0.6 is 12.4 Å². The van der Waals surface area contributed by atoms with Crippen molar-refractivity contribution in [2.24, 2.45) is 5.73 Å². The molecule has 0 amide bonds. The summed E-state index contributed by atoms with van der Waals surface area (Å²) in [5.41, 5.74) is 7.57. The number of hydrogen-bond acceptors (Lipinski definition) is 3. The molecule has 0 saturated carbocycles. The molecule has 0 radical (unpaired) electrons. The number of esters is 1. The van der Waals surface area contributed by atoms with Crippen molar-refractivity contribution in [1.29, 1.82) is 0 Å². The molecule has 3 nitrogen and oxygen atoms in total. The van der Waals surface area contributed by atoms with E-state index in [-0.39, 0.29) is 19.0 Å². The maximum absolute atomic E-state index is 12.2. The highest BCUT2D eigenvalue weighted by molar-refractivity contribution is 5.85. The summed E-state index contributed by atoms with van der Waals surface area (Å²) in [5.74, 6) is -0.427. The van der Waals surface area contributed by atoms with Crippen LogP contribution in [-0.4, -0.2) is 12.5 Å². The van der Waals surface area contributed by atoms with Crippen LogP contribution in [0.15, 0.2) is 91.0 Å². The average Bonchev–Trinajstić information content (AvgIpc) is 2.69. The lowest BCUT2D eigenvalue weighted by atomic mass is 9.81. The van der Waals surface area contributed by atoms with Gasteiger partial charge in [0.05, 0.1) is 6.54 Å². The van der Waals surface area contributed by atoms with Gasteiger partial charge >= 0.3 is 5.97 Å². The van der Waals surface area contributed by atoms with Crippen molar-refractivity contribution < 1.29 is 9.53 Å². The van der Waals surface area contributed by atoms with Gasteiger partial charge in [-0.2, -0.15) is 0 Å². The van der Waals surface area contributed by atoms with Crippen molar-refractivity contribution in [2.75, 3.05) is 6.54 Å². The Kier molecular flexibility index (Phi) is 6.96. The molecule has 2 N–H and O–H groups in total. The van der Waals surface area contributed by atoms with E-state index in [2.05, 4.69) is 0 Å². The highest BCUT2D eigenvalue weighted by Crippen LogP contribution is 2.37. The third-order valence-electron chi connectivity index (χ3n) is 4.23. The van der Waals surface area contributed by atoms with E-state index in [9.17, 15) is 4.79 Å². The Morgan fingerprint density at radius 1 is 0.769 bits per heavy atom. The Morgan fingerprint density at radius 3 is 1.62 bits per heavy atom. The second kappa shape index (κ2) is 9.18. The number of halogens is 1. The molecule has 3 aromatic rings. The summed E-state index contributed by atoms with van der Waals surface area (Å²) in [5, 5.41) is 0. The van der Waals surface area contributed by atoms with E-state index in [1.165, 1.54) is 0 Å². The molecule has 0 aromatic heterocycles. The number of carbonyl (C=O) groups is 1. The maximum Gasteiger partial charge on any atom is 0.320 e. The summed E-state index contributed by atoms with van der Waals surface area (Å²) in [7, 11) is 0. The summed E-state index contributed by atoms with van der Waals surface area (Å²) < 4.78 is 6.00. The number of nitrogens with two attached hydrogens (primary N) is 1. The number of hydrogen-bond donors (Lipinski definition) is 1. The quantitative estimate of drug-likeness (QED) is 0.667. The van der Waals surface area contributed by atoms with E-state index in [1.54, 1.807) is 0 Å². The van der Waals surface area contributed by atoms with E-state index in [4.69, 9.17) is 10.5 Å². The van der Waals surface area contributed by atoms with Crippen molar-refractivity contribution in [3.8, 4) is 0 Å². The number of carbonyl (C=O) groups excluding carboxylic acids is 1. The highest BCUT2D eigenvalue weighted by Gasteiger charge is 2.38. The van der Waals surface area contributed by atoms with Gasteiger partial charge in [-0.05, 0) is 5.56 Å². The topological polar surface area (TPSA) is 52.3 Å². The fourth-order valence-corrected chi connectivity index (χ4v) is 3.06. The second-order valence-corrected chi connectivity index (χ2v) is 5.90. The summed E-state index contributed by atoms with van der Waals surface area (Å²) >= 11 is 0. The summed E-state index contributed by atoms with van der Waals surface area (Å²) in [6, 6.07) is 29.7. The van der Waals surface area contributed by atoms with E-state index in [0.29, 0.717) is 6.42 Å². The van der Waals surface area contributed by atoms with Crippen molar-refractivity contribution in [3.05, 3.63) is 108 Å². The van der Waals surface area contributed by atoms with E-state index >= 15 is 0 Å². The normalized spacial score (nSPS) is 10.7. The van der Waals surface area contributed by atoms with Gasteiger partial charge in [0.1, 0.15) is 0 Å². The van der Waals surface area contributed by atoms with E-state index in [0.717, 1.165) is 16.7 Å². The maximum atomic E-state index is 12.2. The minimum absolute atomic E-state index is 0. The molecule has 0 heterocycles. The van der Waals surface area contributed by atoms with Gasteiger partial charge in [0.25, 0.3) is 0 Å². The zero-order valence-corrected chi connectivity index (χ0v) is 15.2. The number of rotatable bonds is 6. The fourth-order valence-electron chi connectivity index (χ4n) is 3.06. The van der Waals surface area contributed by atoms with Crippen LogP contribution in [0.1, 0.15) is 16.7 Å². The monoisotopic (exact) mass is 367 g/mol. The Labute approximate surface area is 160 Å². The van der Waals surface area contributed by atoms with Crippen LogP contribution in [0.25, 0.3) is 0 Å². The lowest BCUT2D eigenvalue weighted by Crippen LogP contribution is -2.38. The van der Waals surface area contributed by atoms with Gasteiger partial charge in [0, 0.05) is 17.5 Å². The lowest BCUT2D eigenvalue weighted by Gasteiger charge is -2.35. The number of ether oxygens (including phenoxy) is 1. The predicted molar refractivity (Wildman–Crippen MR) is 106 cm³/mol. The smallest absolute Gasteiger partial charge is 0.320 e. The molecule has 0 spiro atoms. The molecular weight excluding hydrogens is 346 g/mol. The molecule has 0 unspecified atom stereocenters. The standard InChI is InChI=1S/C22H21NO2.ClH/c23-17-21(24)25-22(19-12-6-2-7-13-19,20-14-8-3-9-15-20)16-18-10-4-1-5-11-18;/h1-15H,16-17,23H2;1H. The minimum Gasteiger partial charge on any atom is -0.448 e. The molecule has 0 aliphatic carbocycles. The van der Waals surface area contributed by atoms with Crippen LogP contribution in [0.2, 0.25) is 0 Å². The number of benzene rings is 3. The highest BCUT2D eigenvalue weighted by atomic mass is 35.5. The second-order valence-electron chi connectivity index (χ2n) is 5.90. The Hall–Kier alpha value is -2.62. The molecule has 0 fully saturated rings. The molecule has 4 heteroatoms. The van der Waals surface area contributed by atoms with Gasteiger partial charge in [-0.1, -0.05) is 91.0 Å². The summed E-state index contributed by atoms with van der Waals surface area (Å²) in [6.45, 7) is -0.157. The first kappa shape index (κ1) is 19.7. The van der Waals surface area contributed by atoms with Crippen LogP contribution in [0.3, 0.4) is 0 Å². The lowest BCUT2D eigenvalue weighted by molar-refractivity contribution is -0.155. The molecule has 0 atom stereocenters. The largest absolute Gasteiger partial charge is 0.448 e. The van der Waals surface area contributed by atoms with Crippen LogP contribution < -0.4 is 5.73 Å². The van der Waals surface area contributed by atoms with Crippen LogP contribution in [-0.2, 0) is 21.6 Å². The third kappa shape index (κ3) is 4.31. The zero-order valence-electron chi connectivity index (χ0n) is 14.4. The fraction of sp³-hybridized carbons (Fsp3) is 0.136. The van der Waals surface area contributed by atoms with Crippen LogP contribution in [0.5, 0.6) is 0 Å². The van der Waals surface area contributed by atoms with Crippen LogP contribution in [0.4, 0.5) is 0 Å². The molecule has 3 aromatic carbocycles. The first-order chi connectivity index (χ1) is 12.2. The molecule has 0 aliphatic rings. The first-order valence-corrected chi connectivity index (χ1v) is 8.31. The SMILES string of the molecule is Cl.NCC(=O)OC(Cc1ccccc1)(c1ccccc1)c1ccccc1. The third-order valence-corrected chi connectivity index (χ3v) is 4.23. The van der Waals surface area contributed by atoms with Gasteiger partial charge in [-0.3, -0.25) is 4.79 Å².